The number of alkyl carbamates (subject to hydrolysis) is 1. The highest BCUT2D eigenvalue weighted by atomic mass is 16.5. The highest BCUT2D eigenvalue weighted by Crippen LogP contribution is 2.44. The Morgan fingerprint density at radius 3 is 2.24 bits per heavy atom. The molecule has 1 aliphatic rings. The summed E-state index contributed by atoms with van der Waals surface area (Å²) in [6.45, 7) is 1.06. The number of aromatic nitrogens is 2. The Bertz CT molecular complexity index is 1470. The number of carbonyl (C=O) groups is 3. The monoisotopic (exact) mass is 552 g/mol. The maximum absolute atomic E-state index is 12.9. The average Bonchev–Trinajstić information content (AvgIpc) is 3.56. The van der Waals surface area contributed by atoms with Crippen molar-refractivity contribution in [2.75, 3.05) is 13.2 Å². The number of carboxylic acids is 1. The molecule has 0 radical (unpaired) electrons. The summed E-state index contributed by atoms with van der Waals surface area (Å²) in [5.41, 5.74) is 6.47. The first kappa shape index (κ1) is 27.6. The van der Waals surface area contributed by atoms with Crippen molar-refractivity contribution < 1.29 is 24.2 Å². The van der Waals surface area contributed by atoms with Gasteiger partial charge in [0, 0.05) is 25.1 Å². The number of hydrogen-bond acceptors (Lipinski definition) is 5. The summed E-state index contributed by atoms with van der Waals surface area (Å²) in [5, 5.41) is 18.9. The van der Waals surface area contributed by atoms with E-state index in [1.165, 1.54) is 0 Å². The molecular weight excluding hydrogens is 520 g/mol. The number of hydrogen-bond donors (Lipinski definition) is 3. The lowest BCUT2D eigenvalue weighted by atomic mass is 9.98. The molecule has 3 aromatic carbocycles. The minimum atomic E-state index is -1.05. The Balaban J connectivity index is 1.14. The van der Waals surface area contributed by atoms with Gasteiger partial charge >= 0.3 is 12.1 Å². The van der Waals surface area contributed by atoms with E-state index in [9.17, 15) is 14.4 Å². The summed E-state index contributed by atoms with van der Waals surface area (Å²) >= 11 is 0. The molecule has 1 aliphatic carbocycles. The second kappa shape index (κ2) is 13.0. The Kier molecular flexibility index (Phi) is 8.73. The van der Waals surface area contributed by atoms with E-state index in [1.54, 1.807) is 6.20 Å². The van der Waals surface area contributed by atoms with E-state index in [1.807, 2.05) is 77.6 Å². The van der Waals surface area contributed by atoms with Crippen molar-refractivity contribution in [3.8, 4) is 11.1 Å². The Morgan fingerprint density at radius 1 is 0.902 bits per heavy atom. The third-order valence-electron chi connectivity index (χ3n) is 7.19. The van der Waals surface area contributed by atoms with Crippen molar-refractivity contribution >= 4 is 18.0 Å². The summed E-state index contributed by atoms with van der Waals surface area (Å²) in [5.74, 6) is -1.64. The fourth-order valence-corrected chi connectivity index (χ4v) is 5.16. The van der Waals surface area contributed by atoms with Crippen LogP contribution in [0.3, 0.4) is 0 Å². The maximum Gasteiger partial charge on any atom is 0.407 e. The molecule has 0 saturated heterocycles. The third kappa shape index (κ3) is 7.00. The number of aliphatic carboxylic acids is 1. The number of ether oxygens (including phenoxy) is 1. The first-order valence-electron chi connectivity index (χ1n) is 13.6. The van der Waals surface area contributed by atoms with Gasteiger partial charge in [0.1, 0.15) is 12.6 Å². The number of carbonyl (C=O) groups excluding carboxylic acids is 2. The molecule has 1 heterocycles. The van der Waals surface area contributed by atoms with Gasteiger partial charge in [-0.1, -0.05) is 78.9 Å². The topological polar surface area (TPSA) is 123 Å². The predicted octanol–water partition coefficient (Wildman–Crippen LogP) is 4.36. The zero-order valence-electron chi connectivity index (χ0n) is 22.5. The molecule has 3 N–H and O–H groups in total. The van der Waals surface area contributed by atoms with Gasteiger partial charge in [0.05, 0.1) is 12.7 Å². The van der Waals surface area contributed by atoms with E-state index in [0.717, 1.165) is 33.4 Å². The van der Waals surface area contributed by atoms with Crippen molar-refractivity contribution in [3.05, 3.63) is 114 Å². The molecule has 0 aliphatic heterocycles. The molecule has 1 aromatic heterocycles. The summed E-state index contributed by atoms with van der Waals surface area (Å²) in [6.07, 6.45) is 3.13. The van der Waals surface area contributed by atoms with Gasteiger partial charge in [-0.25, -0.2) is 4.79 Å². The second-order valence-corrected chi connectivity index (χ2v) is 10.0. The third-order valence-corrected chi connectivity index (χ3v) is 7.19. The molecule has 1 unspecified atom stereocenters. The SMILES string of the molecule is O=C(O)CCC(NC(=O)OCC1c2ccccc2-c2ccccc21)C(=O)NCCc1cnn(Cc2ccccc2)c1. The molecule has 4 aromatic rings. The van der Waals surface area contributed by atoms with E-state index in [2.05, 4.69) is 27.9 Å². The summed E-state index contributed by atoms with van der Waals surface area (Å²) in [4.78, 5) is 36.9. The number of amides is 2. The number of nitrogens with zero attached hydrogens (tertiary/aromatic N) is 2. The molecule has 0 spiro atoms. The largest absolute Gasteiger partial charge is 0.481 e. The van der Waals surface area contributed by atoms with Crippen LogP contribution in [0.1, 0.15) is 41.0 Å². The van der Waals surface area contributed by atoms with Crippen molar-refractivity contribution in [3.63, 3.8) is 0 Å². The van der Waals surface area contributed by atoms with Crippen LogP contribution in [-0.2, 0) is 27.3 Å². The molecule has 41 heavy (non-hydrogen) atoms. The highest BCUT2D eigenvalue weighted by Gasteiger charge is 2.30. The standard InChI is InChI=1S/C32H32N4O5/c37-30(38)15-14-29(31(39)33-17-16-23-18-34-36(20-23)19-22-8-2-1-3-9-22)35-32(40)41-21-28-26-12-6-4-10-24(26)25-11-5-7-13-27(25)28/h1-13,18,20,28-29H,14-17,19,21H2,(H,33,39)(H,35,40)(H,37,38). The Labute approximate surface area is 238 Å². The normalized spacial score (nSPS) is 12.7. The summed E-state index contributed by atoms with van der Waals surface area (Å²) in [6, 6.07) is 25.0. The quantitative estimate of drug-likeness (QED) is 0.240. The number of benzene rings is 3. The molecule has 5 rings (SSSR count). The zero-order chi connectivity index (χ0) is 28.6. The second-order valence-electron chi connectivity index (χ2n) is 10.0. The predicted molar refractivity (Wildman–Crippen MR) is 153 cm³/mol. The Morgan fingerprint density at radius 2 is 1.56 bits per heavy atom. The molecule has 0 saturated carbocycles. The van der Waals surface area contributed by atoms with Crippen LogP contribution in [0.25, 0.3) is 11.1 Å². The lowest BCUT2D eigenvalue weighted by Crippen LogP contribution is -2.47. The lowest BCUT2D eigenvalue weighted by molar-refractivity contribution is -0.137. The molecule has 1 atom stereocenters. The van der Waals surface area contributed by atoms with Crippen LogP contribution in [0.2, 0.25) is 0 Å². The van der Waals surface area contributed by atoms with E-state index >= 15 is 0 Å². The van der Waals surface area contributed by atoms with E-state index in [-0.39, 0.29) is 25.4 Å². The molecule has 210 valence electrons. The number of nitrogens with one attached hydrogen (secondary N) is 2. The number of fused-ring (bicyclic) bond motifs is 3. The van der Waals surface area contributed by atoms with Crippen molar-refractivity contribution in [1.82, 2.24) is 20.4 Å². The van der Waals surface area contributed by atoms with Gasteiger partial charge in [0.2, 0.25) is 5.91 Å². The van der Waals surface area contributed by atoms with Crippen molar-refractivity contribution in [2.45, 2.75) is 37.8 Å². The minimum Gasteiger partial charge on any atom is -0.481 e. The average molecular weight is 553 g/mol. The highest BCUT2D eigenvalue weighted by molar-refractivity contribution is 5.86. The first-order valence-corrected chi connectivity index (χ1v) is 13.6. The van der Waals surface area contributed by atoms with Crippen molar-refractivity contribution in [2.24, 2.45) is 0 Å². The fraction of sp³-hybridized carbons (Fsp3) is 0.250. The van der Waals surface area contributed by atoms with Crippen molar-refractivity contribution in [1.29, 1.82) is 0 Å². The van der Waals surface area contributed by atoms with Gasteiger partial charge < -0.3 is 20.5 Å². The van der Waals surface area contributed by atoms with Crippen LogP contribution in [-0.4, -0.2) is 52.1 Å². The van der Waals surface area contributed by atoms with Crippen LogP contribution < -0.4 is 10.6 Å². The molecule has 0 bridgehead atoms. The van der Waals surface area contributed by atoms with Gasteiger partial charge in [0.15, 0.2) is 0 Å². The van der Waals surface area contributed by atoms with Gasteiger partial charge in [0.25, 0.3) is 0 Å². The zero-order valence-corrected chi connectivity index (χ0v) is 22.5. The van der Waals surface area contributed by atoms with E-state index in [0.29, 0.717) is 19.5 Å². The summed E-state index contributed by atoms with van der Waals surface area (Å²) < 4.78 is 7.40. The molecule has 9 heteroatoms. The van der Waals surface area contributed by atoms with E-state index in [4.69, 9.17) is 9.84 Å². The first-order chi connectivity index (χ1) is 20.0. The van der Waals surface area contributed by atoms with Crippen LogP contribution in [0.4, 0.5) is 4.79 Å². The van der Waals surface area contributed by atoms with Crippen LogP contribution in [0.15, 0.2) is 91.3 Å². The van der Waals surface area contributed by atoms with Crippen LogP contribution in [0.5, 0.6) is 0 Å². The fourth-order valence-electron chi connectivity index (χ4n) is 5.16. The van der Waals surface area contributed by atoms with Crippen LogP contribution >= 0.6 is 0 Å². The van der Waals surface area contributed by atoms with Gasteiger partial charge in [-0.2, -0.15) is 5.10 Å². The van der Waals surface area contributed by atoms with Gasteiger partial charge in [-0.15, -0.1) is 0 Å². The molecule has 9 nitrogen and oxygen atoms in total. The van der Waals surface area contributed by atoms with Crippen LogP contribution in [0, 0.1) is 0 Å². The number of rotatable bonds is 12. The molecule has 2 amide bonds. The smallest absolute Gasteiger partial charge is 0.407 e. The number of carboxylic acid groups (broad SMARTS) is 1. The minimum absolute atomic E-state index is 0.0552. The lowest BCUT2D eigenvalue weighted by Gasteiger charge is -2.19. The summed E-state index contributed by atoms with van der Waals surface area (Å²) in [7, 11) is 0. The van der Waals surface area contributed by atoms with E-state index < -0.39 is 24.0 Å². The van der Waals surface area contributed by atoms with Gasteiger partial charge in [-0.3, -0.25) is 14.3 Å². The maximum atomic E-state index is 12.9. The van der Waals surface area contributed by atoms with Gasteiger partial charge in [-0.05, 0) is 46.2 Å². The molecule has 0 fully saturated rings. The molecular formula is C32H32N4O5. The Hall–Kier alpha value is -4.92.